The molecule has 6 nitrogen and oxygen atoms in total. The Morgan fingerprint density at radius 2 is 2.38 bits per heavy atom. The van der Waals surface area contributed by atoms with Crippen LogP contribution in [0.25, 0.3) is 0 Å². The van der Waals surface area contributed by atoms with E-state index in [4.69, 9.17) is 4.74 Å². The van der Waals surface area contributed by atoms with E-state index in [0.717, 1.165) is 19.3 Å². The Bertz CT molecular complexity index is 587. The van der Waals surface area contributed by atoms with Crippen LogP contribution in [0.2, 0.25) is 0 Å². The topological polar surface area (TPSA) is 88.2 Å². The Balaban J connectivity index is 2.17. The molecule has 0 spiro atoms. The van der Waals surface area contributed by atoms with Gasteiger partial charge < -0.3 is 10.1 Å². The Kier molecular flexibility index (Phi) is 4.80. The first kappa shape index (κ1) is 15.7. The number of rotatable bonds is 4. The summed E-state index contributed by atoms with van der Waals surface area (Å²) in [4.78, 5) is 10.5. The minimum absolute atomic E-state index is 0.0246. The second-order valence-corrected chi connectivity index (χ2v) is 5.92. The second kappa shape index (κ2) is 6.41. The molecule has 0 amide bonds. The third kappa shape index (κ3) is 3.34. The van der Waals surface area contributed by atoms with Crippen LogP contribution in [0.5, 0.6) is 5.75 Å². The zero-order chi connectivity index (χ0) is 15.5. The highest BCUT2D eigenvalue weighted by molar-refractivity contribution is 9.10. The van der Waals surface area contributed by atoms with Crippen LogP contribution in [0.4, 0.5) is 5.69 Å². The molecular weight excluding hydrogens is 338 g/mol. The lowest BCUT2D eigenvalue weighted by molar-refractivity contribution is -0.385. The van der Waals surface area contributed by atoms with Gasteiger partial charge in [0.15, 0.2) is 0 Å². The minimum atomic E-state index is -0.573. The van der Waals surface area contributed by atoms with Crippen LogP contribution >= 0.6 is 15.9 Å². The van der Waals surface area contributed by atoms with Crippen molar-refractivity contribution in [3.8, 4) is 11.8 Å². The number of halogens is 1. The second-order valence-electron chi connectivity index (χ2n) is 5.13. The molecule has 21 heavy (non-hydrogen) atoms. The zero-order valence-electron chi connectivity index (χ0n) is 11.6. The summed E-state index contributed by atoms with van der Waals surface area (Å²) in [5.74, 6) is 0.444. The van der Waals surface area contributed by atoms with Crippen molar-refractivity contribution < 1.29 is 9.66 Å². The van der Waals surface area contributed by atoms with Crippen LogP contribution in [0.15, 0.2) is 22.7 Å². The van der Waals surface area contributed by atoms with Crippen LogP contribution in [-0.4, -0.2) is 23.6 Å². The molecule has 0 aromatic heterocycles. The fourth-order valence-electron chi connectivity index (χ4n) is 2.62. The fraction of sp³-hybridized carbons (Fsp3) is 0.500. The molecule has 2 atom stereocenters. The molecule has 0 radical (unpaired) electrons. The molecule has 1 N–H and O–H groups in total. The van der Waals surface area contributed by atoms with Gasteiger partial charge in [-0.1, -0.05) is 6.07 Å². The highest BCUT2D eigenvalue weighted by Crippen LogP contribution is 2.37. The van der Waals surface area contributed by atoms with Crippen molar-refractivity contribution in [2.75, 3.05) is 7.05 Å². The van der Waals surface area contributed by atoms with Gasteiger partial charge in [0.25, 0.3) is 5.69 Å². The summed E-state index contributed by atoms with van der Waals surface area (Å²) in [6.45, 7) is 0. The molecule has 1 aromatic rings. The molecule has 7 heteroatoms. The quantitative estimate of drug-likeness (QED) is 0.663. The summed E-state index contributed by atoms with van der Waals surface area (Å²) in [6.07, 6.45) is 2.93. The maximum absolute atomic E-state index is 10.9. The van der Waals surface area contributed by atoms with E-state index in [9.17, 15) is 15.4 Å². The maximum atomic E-state index is 10.9. The van der Waals surface area contributed by atoms with Crippen molar-refractivity contribution in [2.45, 2.75) is 37.3 Å². The average molecular weight is 354 g/mol. The summed E-state index contributed by atoms with van der Waals surface area (Å²) < 4.78 is 6.23. The largest absolute Gasteiger partial charge is 0.489 e. The van der Waals surface area contributed by atoms with Gasteiger partial charge in [0, 0.05) is 12.5 Å². The van der Waals surface area contributed by atoms with E-state index in [0.29, 0.717) is 16.6 Å². The minimum Gasteiger partial charge on any atom is -0.489 e. The smallest absolute Gasteiger partial charge is 0.287 e. The number of nitrogens with zero attached hydrogens (tertiary/aromatic N) is 2. The van der Waals surface area contributed by atoms with Gasteiger partial charge in [0.05, 0.1) is 11.0 Å². The number of nitriles is 1. The lowest BCUT2D eigenvalue weighted by Gasteiger charge is -2.35. The summed E-state index contributed by atoms with van der Waals surface area (Å²) in [5, 5.41) is 23.3. The van der Waals surface area contributed by atoms with E-state index < -0.39 is 10.5 Å². The number of nitro groups is 1. The Labute approximate surface area is 131 Å². The first-order chi connectivity index (χ1) is 10.0. The Morgan fingerprint density at radius 3 is 3.00 bits per heavy atom. The lowest BCUT2D eigenvalue weighted by atomic mass is 9.81. The predicted molar refractivity (Wildman–Crippen MR) is 81.1 cm³/mol. The number of nitrogens with one attached hydrogen (secondary N) is 1. The van der Waals surface area contributed by atoms with Gasteiger partial charge in [0.2, 0.25) is 0 Å². The molecule has 1 fully saturated rings. The van der Waals surface area contributed by atoms with Crippen LogP contribution < -0.4 is 10.1 Å². The first-order valence-electron chi connectivity index (χ1n) is 6.71. The van der Waals surface area contributed by atoms with Crippen molar-refractivity contribution >= 4 is 21.6 Å². The summed E-state index contributed by atoms with van der Waals surface area (Å²) >= 11 is 3.22. The third-order valence-corrected chi connectivity index (χ3v) is 4.63. The van der Waals surface area contributed by atoms with Crippen molar-refractivity contribution in [1.82, 2.24) is 5.32 Å². The molecule has 1 aromatic carbocycles. The van der Waals surface area contributed by atoms with Gasteiger partial charge in [-0.2, -0.15) is 5.26 Å². The van der Waals surface area contributed by atoms with E-state index in [2.05, 4.69) is 27.3 Å². The normalized spacial score (nSPS) is 25.1. The number of hydrogen-bond acceptors (Lipinski definition) is 5. The van der Waals surface area contributed by atoms with Crippen molar-refractivity contribution in [1.29, 1.82) is 5.26 Å². The molecule has 2 unspecified atom stereocenters. The Morgan fingerprint density at radius 1 is 1.62 bits per heavy atom. The summed E-state index contributed by atoms with van der Waals surface area (Å²) in [6, 6.07) is 7.03. The highest BCUT2D eigenvalue weighted by Gasteiger charge is 2.36. The van der Waals surface area contributed by atoms with E-state index >= 15 is 0 Å². The number of nitro benzene ring substituents is 1. The van der Waals surface area contributed by atoms with E-state index in [-0.39, 0.29) is 11.8 Å². The molecule has 0 heterocycles. The standard InChI is InChI=1S/C14H16BrN3O3/c1-17-14(9-16)7-3-4-10(8-14)21-12-6-2-5-11(13(12)15)18(19)20/h2,5-6,10,17H,3-4,7-8H2,1H3. The molecule has 1 saturated carbocycles. The van der Waals surface area contributed by atoms with Crippen LogP contribution in [-0.2, 0) is 0 Å². The van der Waals surface area contributed by atoms with Gasteiger partial charge in [0.1, 0.15) is 21.9 Å². The average Bonchev–Trinajstić information content (AvgIpc) is 2.49. The molecule has 0 saturated heterocycles. The molecule has 0 aliphatic heterocycles. The monoisotopic (exact) mass is 353 g/mol. The lowest BCUT2D eigenvalue weighted by Crippen LogP contribution is -2.48. The molecule has 112 valence electrons. The van der Waals surface area contributed by atoms with Crippen molar-refractivity contribution in [2.24, 2.45) is 0 Å². The summed E-state index contributed by atoms with van der Waals surface area (Å²) in [7, 11) is 1.77. The fourth-order valence-corrected chi connectivity index (χ4v) is 3.12. The van der Waals surface area contributed by atoms with E-state index in [1.807, 2.05) is 0 Å². The van der Waals surface area contributed by atoms with Gasteiger partial charge >= 0.3 is 0 Å². The molecular formula is C14H16BrN3O3. The number of benzene rings is 1. The molecule has 1 aliphatic carbocycles. The van der Waals surface area contributed by atoms with Crippen LogP contribution in [0.3, 0.4) is 0 Å². The summed E-state index contributed by atoms with van der Waals surface area (Å²) in [5.41, 5.74) is -0.598. The SMILES string of the molecule is CNC1(C#N)CCCC(Oc2cccc([N+](=O)[O-])c2Br)C1. The van der Waals surface area contributed by atoms with Gasteiger partial charge in [-0.3, -0.25) is 10.1 Å². The highest BCUT2D eigenvalue weighted by atomic mass is 79.9. The molecule has 0 bridgehead atoms. The van der Waals surface area contributed by atoms with Crippen LogP contribution in [0.1, 0.15) is 25.7 Å². The van der Waals surface area contributed by atoms with Crippen LogP contribution in [0, 0.1) is 21.4 Å². The van der Waals surface area contributed by atoms with Crippen molar-refractivity contribution in [3.05, 3.63) is 32.8 Å². The first-order valence-corrected chi connectivity index (χ1v) is 7.50. The molecule has 1 aliphatic rings. The van der Waals surface area contributed by atoms with E-state index in [1.54, 1.807) is 19.2 Å². The predicted octanol–water partition coefficient (Wildman–Crippen LogP) is 3.16. The van der Waals surface area contributed by atoms with Gasteiger partial charge in [-0.05, 0) is 48.3 Å². The number of hydrogen-bond donors (Lipinski definition) is 1. The zero-order valence-corrected chi connectivity index (χ0v) is 13.2. The third-order valence-electron chi connectivity index (χ3n) is 3.83. The Hall–Kier alpha value is -1.65. The van der Waals surface area contributed by atoms with E-state index in [1.165, 1.54) is 6.07 Å². The van der Waals surface area contributed by atoms with Crippen molar-refractivity contribution in [3.63, 3.8) is 0 Å². The van der Waals surface area contributed by atoms with Gasteiger partial charge in [-0.25, -0.2) is 0 Å². The van der Waals surface area contributed by atoms with Gasteiger partial charge in [-0.15, -0.1) is 0 Å². The maximum Gasteiger partial charge on any atom is 0.287 e. The molecule has 2 rings (SSSR count). The number of ether oxygens (including phenoxy) is 1.